The van der Waals surface area contributed by atoms with Crippen LogP contribution in [0.1, 0.15) is 19.3 Å². The van der Waals surface area contributed by atoms with Crippen molar-refractivity contribution in [3.8, 4) is 0 Å². The average molecular weight is 310 g/mol. The summed E-state index contributed by atoms with van der Waals surface area (Å²) in [5.41, 5.74) is -0.390. The van der Waals surface area contributed by atoms with Gasteiger partial charge in [0.1, 0.15) is 11.7 Å². The molecule has 8 heteroatoms. The Hall–Kier alpha value is -0.700. The third-order valence-electron chi connectivity index (χ3n) is 4.47. The standard InChI is InChI=1S/C13H17F3O5/c1-18-10-5-12(6-20-12)7(4-8(10)17)11-9(21-11)2-3-19-13(14,15)16/h7,9-11H,2-6H2,1H3/t7?,9-,10+,11-,12+/m1/s1. The highest BCUT2D eigenvalue weighted by Gasteiger charge is 2.64. The molecule has 2 saturated heterocycles. The molecule has 3 fully saturated rings. The van der Waals surface area contributed by atoms with Crippen LogP contribution in [0.3, 0.4) is 0 Å². The molecule has 3 rings (SSSR count). The minimum atomic E-state index is -4.61. The molecule has 0 aromatic heterocycles. The van der Waals surface area contributed by atoms with Gasteiger partial charge in [0.25, 0.3) is 0 Å². The first-order chi connectivity index (χ1) is 9.85. The van der Waals surface area contributed by atoms with Crippen LogP contribution in [0.25, 0.3) is 0 Å². The smallest absolute Gasteiger partial charge is 0.374 e. The van der Waals surface area contributed by atoms with Gasteiger partial charge in [0.15, 0.2) is 5.78 Å². The molecule has 1 saturated carbocycles. The van der Waals surface area contributed by atoms with Gasteiger partial charge in [-0.25, -0.2) is 0 Å². The molecule has 1 aliphatic carbocycles. The number of alkyl halides is 3. The first-order valence-electron chi connectivity index (χ1n) is 6.90. The fourth-order valence-corrected chi connectivity index (χ4v) is 3.20. The summed E-state index contributed by atoms with van der Waals surface area (Å²) < 4.78 is 55.5. The van der Waals surface area contributed by atoms with Crippen LogP contribution >= 0.6 is 0 Å². The molecule has 5 nitrogen and oxygen atoms in total. The highest BCUT2D eigenvalue weighted by atomic mass is 19.4. The number of epoxide rings is 2. The zero-order valence-corrected chi connectivity index (χ0v) is 11.5. The van der Waals surface area contributed by atoms with Crippen LogP contribution in [0, 0.1) is 5.92 Å². The van der Waals surface area contributed by atoms with Crippen molar-refractivity contribution in [2.45, 2.75) is 49.5 Å². The lowest BCUT2D eigenvalue weighted by molar-refractivity contribution is -0.324. The molecular formula is C13H17F3O5. The number of Topliss-reactive ketones (excluding diaryl/α,β-unsaturated/α-hetero) is 1. The second kappa shape index (κ2) is 5.19. The second-order valence-corrected chi connectivity index (χ2v) is 5.78. The number of carbonyl (C=O) groups is 1. The van der Waals surface area contributed by atoms with E-state index in [9.17, 15) is 18.0 Å². The van der Waals surface area contributed by atoms with Crippen LogP contribution in [0.2, 0.25) is 0 Å². The van der Waals surface area contributed by atoms with Gasteiger partial charge in [-0.3, -0.25) is 9.53 Å². The number of hydrogen-bond donors (Lipinski definition) is 0. The minimum Gasteiger partial charge on any atom is -0.374 e. The summed E-state index contributed by atoms with van der Waals surface area (Å²) in [6.45, 7) is 0.121. The number of methoxy groups -OCH3 is 1. The molecule has 2 heterocycles. The highest BCUT2D eigenvalue weighted by Crippen LogP contribution is 2.52. The highest BCUT2D eigenvalue weighted by molar-refractivity contribution is 5.85. The molecule has 0 N–H and O–H groups in total. The van der Waals surface area contributed by atoms with Crippen molar-refractivity contribution in [1.82, 2.24) is 0 Å². The molecular weight excluding hydrogens is 293 g/mol. The zero-order valence-electron chi connectivity index (χ0n) is 11.5. The molecule has 1 unspecified atom stereocenters. The van der Waals surface area contributed by atoms with E-state index in [4.69, 9.17) is 14.2 Å². The number of ketones is 1. The third kappa shape index (κ3) is 3.23. The van der Waals surface area contributed by atoms with Gasteiger partial charge in [-0.2, -0.15) is 0 Å². The van der Waals surface area contributed by atoms with Gasteiger partial charge < -0.3 is 14.2 Å². The van der Waals surface area contributed by atoms with Gasteiger partial charge in [-0.1, -0.05) is 0 Å². The van der Waals surface area contributed by atoms with E-state index < -0.39 is 19.1 Å². The third-order valence-corrected chi connectivity index (χ3v) is 4.47. The van der Waals surface area contributed by atoms with Crippen molar-refractivity contribution in [2.24, 2.45) is 5.92 Å². The number of ether oxygens (including phenoxy) is 4. The van der Waals surface area contributed by atoms with Crippen molar-refractivity contribution >= 4 is 5.78 Å². The van der Waals surface area contributed by atoms with Crippen molar-refractivity contribution < 1.29 is 36.9 Å². The summed E-state index contributed by atoms with van der Waals surface area (Å²) in [6, 6.07) is 0. The summed E-state index contributed by atoms with van der Waals surface area (Å²) in [7, 11) is 1.49. The fourth-order valence-electron chi connectivity index (χ4n) is 3.20. The molecule has 21 heavy (non-hydrogen) atoms. The molecule has 1 spiro atoms. The fraction of sp³-hybridized carbons (Fsp3) is 0.923. The van der Waals surface area contributed by atoms with Gasteiger partial charge in [0.2, 0.25) is 0 Å². The maximum absolute atomic E-state index is 11.9. The van der Waals surface area contributed by atoms with Crippen LogP contribution < -0.4 is 0 Å². The Kier molecular flexibility index (Phi) is 3.76. The number of halogens is 3. The van der Waals surface area contributed by atoms with Crippen LogP contribution in [-0.2, 0) is 23.7 Å². The molecule has 0 radical (unpaired) electrons. The van der Waals surface area contributed by atoms with E-state index in [1.807, 2.05) is 0 Å². The lowest BCUT2D eigenvalue weighted by Crippen LogP contribution is -2.45. The first kappa shape index (κ1) is 15.2. The molecule has 5 atom stereocenters. The van der Waals surface area contributed by atoms with Crippen LogP contribution in [0.4, 0.5) is 13.2 Å². The average Bonchev–Trinajstić information content (AvgIpc) is 3.28. The van der Waals surface area contributed by atoms with Crippen molar-refractivity contribution in [3.05, 3.63) is 0 Å². The van der Waals surface area contributed by atoms with Crippen molar-refractivity contribution in [1.29, 1.82) is 0 Å². The second-order valence-electron chi connectivity index (χ2n) is 5.78. The van der Waals surface area contributed by atoms with E-state index in [1.54, 1.807) is 0 Å². The predicted molar refractivity (Wildman–Crippen MR) is 62.5 cm³/mol. The SMILES string of the molecule is CO[C@H]1C[C@]2(CO2)C([C@H]2O[C@@H]2CCOC(F)(F)F)CC1=O. The van der Waals surface area contributed by atoms with Gasteiger partial charge in [-0.05, 0) is 6.42 Å². The maximum atomic E-state index is 11.9. The Bertz CT molecular complexity index is 421. The molecule has 0 amide bonds. The topological polar surface area (TPSA) is 60.6 Å². The van der Waals surface area contributed by atoms with Gasteiger partial charge >= 0.3 is 6.36 Å². The van der Waals surface area contributed by atoms with Crippen molar-refractivity contribution in [3.63, 3.8) is 0 Å². The monoisotopic (exact) mass is 310 g/mol. The lowest BCUT2D eigenvalue weighted by atomic mass is 9.74. The Morgan fingerprint density at radius 2 is 2.14 bits per heavy atom. The van der Waals surface area contributed by atoms with Crippen LogP contribution in [0.5, 0.6) is 0 Å². The van der Waals surface area contributed by atoms with E-state index in [1.165, 1.54) is 7.11 Å². The normalized spacial score (nSPS) is 42.4. The zero-order chi connectivity index (χ0) is 15.3. The number of carbonyl (C=O) groups excluding carboxylic acids is 1. The Balaban J connectivity index is 1.51. The quantitative estimate of drug-likeness (QED) is 0.719. The first-order valence-corrected chi connectivity index (χ1v) is 6.90. The lowest BCUT2D eigenvalue weighted by Gasteiger charge is -2.31. The number of rotatable bonds is 5. The van der Waals surface area contributed by atoms with Gasteiger partial charge in [-0.15, -0.1) is 13.2 Å². The largest absolute Gasteiger partial charge is 0.522 e. The molecule has 0 aromatic carbocycles. The van der Waals surface area contributed by atoms with Gasteiger partial charge in [0.05, 0.1) is 25.4 Å². The van der Waals surface area contributed by atoms with E-state index in [0.29, 0.717) is 19.4 Å². The Labute approximate surface area is 119 Å². The van der Waals surface area contributed by atoms with E-state index in [2.05, 4.69) is 4.74 Å². The Morgan fingerprint density at radius 1 is 1.43 bits per heavy atom. The molecule has 0 aromatic rings. The molecule has 2 aliphatic heterocycles. The summed E-state index contributed by atoms with van der Waals surface area (Å²) in [6.07, 6.45) is -4.61. The van der Waals surface area contributed by atoms with Crippen LogP contribution in [-0.4, -0.2) is 56.4 Å². The Morgan fingerprint density at radius 3 is 2.71 bits per heavy atom. The van der Waals surface area contributed by atoms with E-state index in [0.717, 1.165) is 0 Å². The summed E-state index contributed by atoms with van der Waals surface area (Å²) in [5, 5.41) is 0. The van der Waals surface area contributed by atoms with Gasteiger partial charge in [0, 0.05) is 25.9 Å². The predicted octanol–water partition coefficient (Wildman–Crippen LogP) is 1.44. The minimum absolute atomic E-state index is 0.00409. The molecule has 120 valence electrons. The maximum Gasteiger partial charge on any atom is 0.522 e. The summed E-state index contributed by atoms with van der Waals surface area (Å²) in [4.78, 5) is 11.9. The summed E-state index contributed by atoms with van der Waals surface area (Å²) >= 11 is 0. The van der Waals surface area contributed by atoms with E-state index in [-0.39, 0.29) is 35.9 Å². The molecule has 0 bridgehead atoms. The van der Waals surface area contributed by atoms with E-state index >= 15 is 0 Å². The molecule has 3 aliphatic rings. The van der Waals surface area contributed by atoms with Crippen molar-refractivity contribution in [2.75, 3.05) is 20.3 Å². The summed E-state index contributed by atoms with van der Waals surface area (Å²) in [5.74, 6) is -0.0864. The van der Waals surface area contributed by atoms with Crippen LogP contribution in [0.15, 0.2) is 0 Å². The number of hydrogen-bond acceptors (Lipinski definition) is 5.